The molecule has 1 aliphatic rings. The number of carbonyl (C=O) groups excluding carboxylic acids is 1. The first-order valence-electron chi connectivity index (χ1n) is 6.65. The van der Waals surface area contributed by atoms with E-state index >= 15 is 0 Å². The average molecular weight is 315 g/mol. The molecule has 1 atom stereocenters. The molecule has 0 aliphatic carbocycles. The maximum absolute atomic E-state index is 13.7. The van der Waals surface area contributed by atoms with E-state index in [1.165, 1.54) is 22.5 Å². The highest BCUT2D eigenvalue weighted by atomic mass is 32.2. The molecule has 0 spiro atoms. The van der Waals surface area contributed by atoms with Gasteiger partial charge in [0.25, 0.3) is 0 Å². The summed E-state index contributed by atoms with van der Waals surface area (Å²) in [6.07, 6.45) is 1.11. The van der Waals surface area contributed by atoms with E-state index in [-0.39, 0.29) is 30.1 Å². The summed E-state index contributed by atoms with van der Waals surface area (Å²) in [5.41, 5.74) is 10.7. The number of hydrogen-bond acceptors (Lipinski definition) is 4. The second kappa shape index (κ2) is 6.08. The van der Waals surface area contributed by atoms with Crippen LogP contribution >= 0.6 is 0 Å². The fraction of sp³-hybridized carbons (Fsp3) is 0.462. The van der Waals surface area contributed by atoms with Crippen LogP contribution in [0.15, 0.2) is 23.1 Å². The van der Waals surface area contributed by atoms with Crippen molar-refractivity contribution in [3.8, 4) is 0 Å². The second-order valence-corrected chi connectivity index (χ2v) is 6.93. The molecule has 1 amide bonds. The second-order valence-electron chi connectivity index (χ2n) is 5.03. The fourth-order valence-corrected chi connectivity index (χ4v) is 4.28. The van der Waals surface area contributed by atoms with Crippen molar-refractivity contribution < 1.29 is 17.6 Å². The Labute approximate surface area is 123 Å². The van der Waals surface area contributed by atoms with Gasteiger partial charge in [-0.15, -0.1) is 0 Å². The highest BCUT2D eigenvalue weighted by Gasteiger charge is 2.33. The molecule has 8 heteroatoms. The van der Waals surface area contributed by atoms with Gasteiger partial charge in [-0.1, -0.05) is 6.07 Å². The SMILES string of the molecule is NCc1c(F)cccc1S(=O)(=O)N1CCCC(C(N)=O)C1. The van der Waals surface area contributed by atoms with Gasteiger partial charge in [0.2, 0.25) is 15.9 Å². The van der Waals surface area contributed by atoms with Gasteiger partial charge in [0, 0.05) is 25.2 Å². The first-order chi connectivity index (χ1) is 9.87. The van der Waals surface area contributed by atoms with Gasteiger partial charge >= 0.3 is 0 Å². The highest BCUT2D eigenvalue weighted by Crippen LogP contribution is 2.26. The quantitative estimate of drug-likeness (QED) is 0.826. The van der Waals surface area contributed by atoms with E-state index in [4.69, 9.17) is 11.5 Å². The molecule has 1 fully saturated rings. The molecule has 0 saturated carbocycles. The first kappa shape index (κ1) is 15.9. The van der Waals surface area contributed by atoms with E-state index in [0.29, 0.717) is 12.8 Å². The molecular formula is C13H18FN3O3S. The fourth-order valence-electron chi connectivity index (χ4n) is 2.51. The summed E-state index contributed by atoms with van der Waals surface area (Å²) in [4.78, 5) is 11.1. The van der Waals surface area contributed by atoms with E-state index < -0.39 is 27.7 Å². The molecule has 21 heavy (non-hydrogen) atoms. The van der Waals surface area contributed by atoms with Crippen LogP contribution in [0.1, 0.15) is 18.4 Å². The van der Waals surface area contributed by atoms with Gasteiger partial charge in [-0.25, -0.2) is 12.8 Å². The van der Waals surface area contributed by atoms with Gasteiger partial charge in [0.1, 0.15) is 5.82 Å². The van der Waals surface area contributed by atoms with Crippen molar-refractivity contribution in [2.45, 2.75) is 24.3 Å². The van der Waals surface area contributed by atoms with Gasteiger partial charge in [-0.05, 0) is 25.0 Å². The van der Waals surface area contributed by atoms with Gasteiger partial charge in [-0.3, -0.25) is 4.79 Å². The number of halogens is 1. The van der Waals surface area contributed by atoms with Crippen LogP contribution in [0.25, 0.3) is 0 Å². The summed E-state index contributed by atoms with van der Waals surface area (Å²) in [5, 5.41) is 0. The van der Waals surface area contributed by atoms with E-state index in [1.54, 1.807) is 0 Å². The normalized spacial score (nSPS) is 20.4. The van der Waals surface area contributed by atoms with Crippen LogP contribution in [0.3, 0.4) is 0 Å². The lowest BCUT2D eigenvalue weighted by molar-refractivity contribution is -0.122. The lowest BCUT2D eigenvalue weighted by Gasteiger charge is -2.30. The number of nitrogens with two attached hydrogens (primary N) is 2. The van der Waals surface area contributed by atoms with Crippen molar-refractivity contribution in [1.29, 1.82) is 0 Å². The Morgan fingerprint density at radius 3 is 2.76 bits per heavy atom. The molecule has 4 N–H and O–H groups in total. The van der Waals surface area contributed by atoms with Crippen LogP contribution in [0.2, 0.25) is 0 Å². The third-order valence-electron chi connectivity index (χ3n) is 3.68. The predicted molar refractivity (Wildman–Crippen MR) is 75.0 cm³/mol. The molecule has 0 radical (unpaired) electrons. The molecule has 6 nitrogen and oxygen atoms in total. The molecule has 1 heterocycles. The minimum atomic E-state index is -3.89. The van der Waals surface area contributed by atoms with Crippen molar-refractivity contribution in [2.75, 3.05) is 13.1 Å². The maximum atomic E-state index is 13.7. The molecule has 1 saturated heterocycles. The van der Waals surface area contributed by atoms with Crippen LogP contribution in [0, 0.1) is 11.7 Å². The Morgan fingerprint density at radius 2 is 2.14 bits per heavy atom. The van der Waals surface area contributed by atoms with E-state index in [9.17, 15) is 17.6 Å². The summed E-state index contributed by atoms with van der Waals surface area (Å²) in [6.45, 7) is 0.0964. The van der Waals surface area contributed by atoms with Crippen LogP contribution < -0.4 is 11.5 Å². The minimum Gasteiger partial charge on any atom is -0.369 e. The summed E-state index contributed by atoms with van der Waals surface area (Å²) in [5.74, 6) is -1.68. The Morgan fingerprint density at radius 1 is 1.43 bits per heavy atom. The van der Waals surface area contributed by atoms with Gasteiger partial charge in [0.05, 0.1) is 10.8 Å². The number of benzene rings is 1. The zero-order chi connectivity index (χ0) is 15.6. The highest BCUT2D eigenvalue weighted by molar-refractivity contribution is 7.89. The van der Waals surface area contributed by atoms with Crippen molar-refractivity contribution in [3.05, 3.63) is 29.6 Å². The number of amides is 1. The third-order valence-corrected chi connectivity index (χ3v) is 5.63. The average Bonchev–Trinajstić information content (AvgIpc) is 2.47. The van der Waals surface area contributed by atoms with Gasteiger partial charge in [0.15, 0.2) is 0 Å². The number of nitrogens with zero attached hydrogens (tertiary/aromatic N) is 1. The van der Waals surface area contributed by atoms with E-state index in [1.807, 2.05) is 0 Å². The summed E-state index contributed by atoms with van der Waals surface area (Å²) >= 11 is 0. The zero-order valence-electron chi connectivity index (χ0n) is 11.5. The Balaban J connectivity index is 2.38. The number of piperidine rings is 1. The van der Waals surface area contributed by atoms with Crippen molar-refractivity contribution in [2.24, 2.45) is 17.4 Å². The molecule has 1 aromatic rings. The topological polar surface area (TPSA) is 106 Å². The summed E-state index contributed by atoms with van der Waals surface area (Å²) in [6, 6.07) is 3.83. The minimum absolute atomic E-state index is 0.0260. The van der Waals surface area contributed by atoms with Crippen LogP contribution in [-0.4, -0.2) is 31.7 Å². The van der Waals surface area contributed by atoms with E-state index in [2.05, 4.69) is 0 Å². The molecule has 2 rings (SSSR count). The Bertz CT molecular complexity index is 648. The molecule has 1 aliphatic heterocycles. The predicted octanol–water partition coefficient (Wildman–Crippen LogP) is 0.170. The smallest absolute Gasteiger partial charge is 0.243 e. The Hall–Kier alpha value is -1.51. The molecular weight excluding hydrogens is 297 g/mol. The Kier molecular flexibility index (Phi) is 4.60. The standard InChI is InChI=1S/C13H18FN3O3S/c14-11-4-1-5-12(10(11)7-15)21(19,20)17-6-2-3-9(8-17)13(16)18/h1,4-5,9H,2-3,6-8,15H2,(H2,16,18). The van der Waals surface area contributed by atoms with Crippen molar-refractivity contribution in [1.82, 2.24) is 4.31 Å². The van der Waals surface area contributed by atoms with Crippen molar-refractivity contribution in [3.63, 3.8) is 0 Å². The maximum Gasteiger partial charge on any atom is 0.243 e. The van der Waals surface area contributed by atoms with Gasteiger partial charge in [-0.2, -0.15) is 4.31 Å². The first-order valence-corrected chi connectivity index (χ1v) is 8.09. The lowest BCUT2D eigenvalue weighted by atomic mass is 9.99. The number of sulfonamides is 1. The van der Waals surface area contributed by atoms with E-state index in [0.717, 1.165) is 0 Å². The lowest BCUT2D eigenvalue weighted by Crippen LogP contribution is -2.44. The molecule has 1 unspecified atom stereocenters. The van der Waals surface area contributed by atoms with Crippen molar-refractivity contribution >= 4 is 15.9 Å². The summed E-state index contributed by atoms with van der Waals surface area (Å²) in [7, 11) is -3.89. The van der Waals surface area contributed by atoms with Crippen LogP contribution in [-0.2, 0) is 21.4 Å². The third kappa shape index (κ3) is 3.07. The number of carbonyl (C=O) groups is 1. The monoisotopic (exact) mass is 315 g/mol. The number of rotatable bonds is 4. The molecule has 1 aromatic carbocycles. The summed E-state index contributed by atoms with van der Waals surface area (Å²) < 4.78 is 40.2. The largest absolute Gasteiger partial charge is 0.369 e. The van der Waals surface area contributed by atoms with Crippen LogP contribution in [0.4, 0.5) is 4.39 Å². The molecule has 116 valence electrons. The molecule has 0 aromatic heterocycles. The number of primary amides is 1. The number of hydrogen-bond donors (Lipinski definition) is 2. The molecule has 0 bridgehead atoms. The zero-order valence-corrected chi connectivity index (χ0v) is 12.3. The van der Waals surface area contributed by atoms with Gasteiger partial charge < -0.3 is 11.5 Å². The van der Waals surface area contributed by atoms with Crippen LogP contribution in [0.5, 0.6) is 0 Å².